The molecule has 4 heteroatoms. The normalized spacial score (nSPS) is 17.0. The molecular formula is C10H22O3S. The van der Waals surface area contributed by atoms with Gasteiger partial charge in [-0.15, -0.1) is 0 Å². The molecular weight excluding hydrogens is 200 g/mol. The molecule has 0 saturated heterocycles. The van der Waals surface area contributed by atoms with Gasteiger partial charge < -0.3 is 5.11 Å². The van der Waals surface area contributed by atoms with Gasteiger partial charge in [-0.3, -0.25) is 0 Å². The van der Waals surface area contributed by atoms with E-state index < -0.39 is 21.2 Å². The summed E-state index contributed by atoms with van der Waals surface area (Å²) < 4.78 is 22.2. The summed E-state index contributed by atoms with van der Waals surface area (Å²) in [4.78, 5) is 0. The van der Waals surface area contributed by atoms with Crippen molar-refractivity contribution in [1.29, 1.82) is 0 Å². The molecule has 2 atom stereocenters. The van der Waals surface area contributed by atoms with Crippen LogP contribution in [-0.2, 0) is 9.84 Å². The molecule has 0 rings (SSSR count). The van der Waals surface area contributed by atoms with Crippen LogP contribution >= 0.6 is 0 Å². The van der Waals surface area contributed by atoms with Crippen LogP contribution in [0.25, 0.3) is 0 Å². The van der Waals surface area contributed by atoms with Gasteiger partial charge in [0, 0.05) is 6.26 Å². The largest absolute Gasteiger partial charge is 0.392 e. The third kappa shape index (κ3) is 5.60. The minimum absolute atomic E-state index is 0.576. The zero-order valence-corrected chi connectivity index (χ0v) is 10.3. The van der Waals surface area contributed by atoms with Gasteiger partial charge in [-0.05, 0) is 19.3 Å². The van der Waals surface area contributed by atoms with Crippen LogP contribution in [-0.4, -0.2) is 31.1 Å². The van der Waals surface area contributed by atoms with Gasteiger partial charge in [0.2, 0.25) is 0 Å². The van der Waals surface area contributed by atoms with Crippen molar-refractivity contribution in [1.82, 2.24) is 0 Å². The third-order valence-electron chi connectivity index (χ3n) is 2.50. The smallest absolute Gasteiger partial charge is 0.152 e. The van der Waals surface area contributed by atoms with Crippen molar-refractivity contribution < 1.29 is 13.5 Å². The van der Waals surface area contributed by atoms with Crippen molar-refractivity contribution in [3.05, 3.63) is 0 Å². The van der Waals surface area contributed by atoms with Crippen molar-refractivity contribution in [2.45, 2.75) is 51.4 Å². The van der Waals surface area contributed by atoms with E-state index in [0.29, 0.717) is 12.3 Å². The molecule has 0 bridgehead atoms. The third-order valence-corrected chi connectivity index (χ3v) is 4.16. The molecule has 3 nitrogen and oxygen atoms in total. The van der Waals surface area contributed by atoms with Crippen LogP contribution in [0, 0.1) is 5.92 Å². The molecule has 14 heavy (non-hydrogen) atoms. The molecule has 0 aliphatic carbocycles. The van der Waals surface area contributed by atoms with Crippen LogP contribution in [0.3, 0.4) is 0 Å². The molecule has 0 aromatic rings. The highest BCUT2D eigenvalue weighted by molar-refractivity contribution is 7.91. The van der Waals surface area contributed by atoms with Crippen molar-refractivity contribution in [3.63, 3.8) is 0 Å². The van der Waals surface area contributed by atoms with Crippen molar-refractivity contribution in [2.75, 3.05) is 6.26 Å². The quantitative estimate of drug-likeness (QED) is 0.743. The summed E-state index contributed by atoms with van der Waals surface area (Å²) >= 11 is 0. The maximum absolute atomic E-state index is 11.1. The Hall–Kier alpha value is -0.0900. The molecule has 0 aliphatic heterocycles. The predicted octanol–water partition coefficient (Wildman–Crippen LogP) is 1.61. The van der Waals surface area contributed by atoms with Gasteiger partial charge in [0.05, 0.1) is 11.4 Å². The highest BCUT2D eigenvalue weighted by Gasteiger charge is 2.23. The lowest BCUT2D eigenvalue weighted by molar-refractivity contribution is 0.158. The summed E-state index contributed by atoms with van der Waals surface area (Å²) in [6, 6.07) is 0. The average Bonchev–Trinajstić information content (AvgIpc) is 2.00. The number of aliphatic hydroxyl groups is 1. The molecule has 0 saturated carbocycles. The second-order valence-electron chi connectivity index (χ2n) is 4.43. The predicted molar refractivity (Wildman–Crippen MR) is 59.0 cm³/mol. The van der Waals surface area contributed by atoms with E-state index in [1.54, 1.807) is 6.92 Å². The molecule has 0 heterocycles. The minimum atomic E-state index is -3.10. The first-order chi connectivity index (χ1) is 6.25. The Labute approximate surface area is 87.4 Å². The number of aliphatic hydroxyl groups excluding tert-OH is 1. The highest BCUT2D eigenvalue weighted by Crippen LogP contribution is 2.13. The SMILES string of the molecule is CC(C)CCCC(O)C(C)S(C)(=O)=O. The number of rotatable bonds is 6. The molecule has 0 spiro atoms. The molecule has 0 aromatic heterocycles. The zero-order valence-electron chi connectivity index (χ0n) is 9.53. The van der Waals surface area contributed by atoms with E-state index in [4.69, 9.17) is 0 Å². The first-order valence-corrected chi connectivity index (χ1v) is 7.07. The van der Waals surface area contributed by atoms with E-state index in [1.165, 1.54) is 6.26 Å². The minimum Gasteiger partial charge on any atom is -0.392 e. The summed E-state index contributed by atoms with van der Waals surface area (Å²) in [5.74, 6) is 0.607. The maximum atomic E-state index is 11.1. The van der Waals surface area contributed by atoms with E-state index in [2.05, 4.69) is 13.8 Å². The summed E-state index contributed by atoms with van der Waals surface area (Å²) in [6.45, 7) is 5.80. The standard InChI is InChI=1S/C10H22O3S/c1-8(2)6-5-7-10(11)9(3)14(4,12)13/h8-11H,5-7H2,1-4H3. The molecule has 0 radical (unpaired) electrons. The highest BCUT2D eigenvalue weighted by atomic mass is 32.2. The summed E-state index contributed by atoms with van der Waals surface area (Å²) in [6.07, 6.45) is 2.95. The zero-order chi connectivity index (χ0) is 11.4. The van der Waals surface area contributed by atoms with Crippen molar-refractivity contribution in [3.8, 4) is 0 Å². The molecule has 0 aliphatic rings. The molecule has 0 aromatic carbocycles. The van der Waals surface area contributed by atoms with Crippen LogP contribution in [0.5, 0.6) is 0 Å². The van der Waals surface area contributed by atoms with Gasteiger partial charge in [-0.2, -0.15) is 0 Å². The van der Waals surface area contributed by atoms with Crippen molar-refractivity contribution >= 4 is 9.84 Å². The van der Waals surface area contributed by atoms with Gasteiger partial charge in [0.1, 0.15) is 0 Å². The van der Waals surface area contributed by atoms with Crippen LogP contribution in [0.4, 0.5) is 0 Å². The average molecular weight is 222 g/mol. The van der Waals surface area contributed by atoms with Gasteiger partial charge in [-0.1, -0.05) is 26.7 Å². The van der Waals surface area contributed by atoms with Gasteiger partial charge in [0.25, 0.3) is 0 Å². The fourth-order valence-corrected chi connectivity index (χ4v) is 1.96. The number of hydrogen-bond donors (Lipinski definition) is 1. The molecule has 86 valence electrons. The fourth-order valence-electron chi connectivity index (χ4n) is 1.26. The summed E-state index contributed by atoms with van der Waals surface area (Å²) in [7, 11) is -3.10. The van der Waals surface area contributed by atoms with Crippen LogP contribution in [0.2, 0.25) is 0 Å². The monoisotopic (exact) mass is 222 g/mol. The van der Waals surface area contributed by atoms with E-state index >= 15 is 0 Å². The van der Waals surface area contributed by atoms with E-state index in [-0.39, 0.29) is 0 Å². The summed E-state index contributed by atoms with van der Waals surface area (Å²) in [5.41, 5.74) is 0. The Morgan fingerprint density at radius 2 is 1.64 bits per heavy atom. The van der Waals surface area contributed by atoms with Crippen molar-refractivity contribution in [2.24, 2.45) is 5.92 Å². The first-order valence-electron chi connectivity index (χ1n) is 5.12. The Morgan fingerprint density at radius 3 is 2.00 bits per heavy atom. The molecule has 0 fully saturated rings. The lowest BCUT2D eigenvalue weighted by Crippen LogP contribution is -2.30. The Bertz CT molecular complexity index is 244. The van der Waals surface area contributed by atoms with Crippen LogP contribution in [0.1, 0.15) is 40.0 Å². The van der Waals surface area contributed by atoms with Crippen LogP contribution in [0.15, 0.2) is 0 Å². The maximum Gasteiger partial charge on any atom is 0.152 e. The van der Waals surface area contributed by atoms with Gasteiger partial charge >= 0.3 is 0 Å². The molecule has 1 N–H and O–H groups in total. The van der Waals surface area contributed by atoms with E-state index in [9.17, 15) is 13.5 Å². The lowest BCUT2D eigenvalue weighted by Gasteiger charge is -2.17. The second kappa shape index (κ2) is 5.71. The van der Waals surface area contributed by atoms with E-state index in [0.717, 1.165) is 12.8 Å². The van der Waals surface area contributed by atoms with Crippen LogP contribution < -0.4 is 0 Å². The number of sulfone groups is 1. The van der Waals surface area contributed by atoms with E-state index in [1.807, 2.05) is 0 Å². The fraction of sp³-hybridized carbons (Fsp3) is 1.00. The summed E-state index contributed by atoms with van der Waals surface area (Å²) in [5, 5.41) is 8.94. The Morgan fingerprint density at radius 1 is 1.14 bits per heavy atom. The Balaban J connectivity index is 3.91. The number of hydrogen-bond acceptors (Lipinski definition) is 3. The first kappa shape index (κ1) is 13.9. The second-order valence-corrected chi connectivity index (χ2v) is 6.83. The molecule has 2 unspecified atom stereocenters. The lowest BCUT2D eigenvalue weighted by atomic mass is 10.0. The van der Waals surface area contributed by atoms with Gasteiger partial charge in [-0.25, -0.2) is 8.42 Å². The Kier molecular flexibility index (Phi) is 5.67. The molecule has 0 amide bonds. The topological polar surface area (TPSA) is 54.4 Å². The van der Waals surface area contributed by atoms with Gasteiger partial charge in [0.15, 0.2) is 9.84 Å².